The van der Waals surface area contributed by atoms with Gasteiger partial charge in [-0.15, -0.1) is 22.9 Å². The van der Waals surface area contributed by atoms with Crippen LogP contribution in [0.4, 0.5) is 0 Å². The average Bonchev–Trinajstić information content (AvgIpc) is 2.87. The van der Waals surface area contributed by atoms with Gasteiger partial charge in [0.25, 0.3) is 0 Å². The Morgan fingerprint density at radius 3 is 3.06 bits per heavy atom. The fourth-order valence-electron chi connectivity index (χ4n) is 1.97. The quantitative estimate of drug-likeness (QED) is 0.629. The Balaban J connectivity index is 1.84. The summed E-state index contributed by atoms with van der Waals surface area (Å²) in [6.45, 7) is 2.22. The second kappa shape index (κ2) is 4.52. The normalized spacial score (nSPS) is 22.1. The van der Waals surface area contributed by atoms with Crippen LogP contribution in [0.3, 0.4) is 0 Å². The minimum absolute atomic E-state index is 0.0355. The number of halogens is 1. The monoisotopic (exact) mass is 281 g/mol. The van der Waals surface area contributed by atoms with Gasteiger partial charge in [-0.05, 0) is 24.5 Å². The predicted octanol–water partition coefficient (Wildman–Crippen LogP) is 3.95. The Bertz CT molecular complexity index is 589. The van der Waals surface area contributed by atoms with E-state index in [2.05, 4.69) is 11.9 Å². The number of furan rings is 1. The molecule has 0 radical (unpaired) electrons. The summed E-state index contributed by atoms with van der Waals surface area (Å²) in [4.78, 5) is 15.7. The van der Waals surface area contributed by atoms with E-state index in [1.807, 2.05) is 12.1 Å². The molecule has 1 saturated carbocycles. The van der Waals surface area contributed by atoms with Gasteiger partial charge in [-0.3, -0.25) is 4.79 Å². The van der Waals surface area contributed by atoms with Gasteiger partial charge >= 0.3 is 0 Å². The fraction of sp³-hybridized carbons (Fsp3) is 0.385. The summed E-state index contributed by atoms with van der Waals surface area (Å²) in [5.74, 6) is 2.85. The van der Waals surface area contributed by atoms with Crippen molar-refractivity contribution in [3.05, 3.63) is 29.0 Å². The van der Waals surface area contributed by atoms with Crippen LogP contribution in [-0.2, 0) is 0 Å². The molecular weight excluding hydrogens is 270 g/mol. The van der Waals surface area contributed by atoms with Gasteiger partial charge in [0, 0.05) is 11.3 Å². The number of carbonyl (C=O) groups is 1. The van der Waals surface area contributed by atoms with E-state index in [-0.39, 0.29) is 11.7 Å². The Morgan fingerprint density at radius 1 is 1.61 bits per heavy atom. The van der Waals surface area contributed by atoms with Crippen molar-refractivity contribution in [2.75, 3.05) is 5.88 Å². The molecule has 3 rings (SSSR count). The third-order valence-electron chi connectivity index (χ3n) is 3.22. The predicted molar refractivity (Wildman–Crippen MR) is 71.4 cm³/mol. The molecule has 0 aliphatic heterocycles. The number of hydrogen-bond donors (Lipinski definition) is 0. The van der Waals surface area contributed by atoms with E-state index < -0.39 is 0 Å². The highest BCUT2D eigenvalue weighted by Gasteiger charge is 2.36. The Hall–Kier alpha value is -1.13. The zero-order valence-corrected chi connectivity index (χ0v) is 11.4. The molecule has 0 aromatic carbocycles. The molecule has 0 N–H and O–H groups in total. The summed E-state index contributed by atoms with van der Waals surface area (Å²) < 4.78 is 5.79. The first kappa shape index (κ1) is 11.9. The number of thiazole rings is 1. The lowest BCUT2D eigenvalue weighted by molar-refractivity contribution is 0.101. The van der Waals surface area contributed by atoms with Crippen LogP contribution in [0.1, 0.15) is 35.5 Å². The summed E-state index contributed by atoms with van der Waals surface area (Å²) in [6, 6.07) is 3.93. The molecule has 2 atom stereocenters. The number of alkyl halides is 1. The number of carbonyl (C=O) groups excluding carboxylic acids is 1. The number of aromatic nitrogens is 1. The van der Waals surface area contributed by atoms with Gasteiger partial charge in [-0.1, -0.05) is 6.92 Å². The standard InChI is InChI=1S/C13H12ClNO2S/c1-7-4-8(7)11-2-3-12(17-11)13-15-9(6-18-13)10(16)5-14/h2-3,6-8H,4-5H2,1H3. The van der Waals surface area contributed by atoms with Crippen molar-refractivity contribution in [1.29, 1.82) is 0 Å². The summed E-state index contributed by atoms with van der Waals surface area (Å²) in [5, 5.41) is 2.46. The van der Waals surface area contributed by atoms with E-state index in [4.69, 9.17) is 16.0 Å². The highest BCUT2D eigenvalue weighted by Crippen LogP contribution is 2.48. The Labute approximate surface area is 114 Å². The summed E-state index contributed by atoms with van der Waals surface area (Å²) >= 11 is 6.91. The molecule has 0 spiro atoms. The number of hydrogen-bond acceptors (Lipinski definition) is 4. The zero-order valence-electron chi connectivity index (χ0n) is 9.85. The van der Waals surface area contributed by atoms with E-state index in [9.17, 15) is 4.79 Å². The molecule has 0 saturated heterocycles. The molecule has 5 heteroatoms. The van der Waals surface area contributed by atoms with Crippen LogP contribution < -0.4 is 0 Å². The fourth-order valence-corrected chi connectivity index (χ4v) is 2.89. The van der Waals surface area contributed by atoms with Crippen molar-refractivity contribution < 1.29 is 9.21 Å². The maximum Gasteiger partial charge on any atom is 0.196 e. The van der Waals surface area contributed by atoms with Crippen LogP contribution >= 0.6 is 22.9 Å². The highest BCUT2D eigenvalue weighted by atomic mass is 35.5. The molecule has 3 nitrogen and oxygen atoms in total. The lowest BCUT2D eigenvalue weighted by Crippen LogP contribution is -1.99. The van der Waals surface area contributed by atoms with Crippen molar-refractivity contribution in [2.45, 2.75) is 19.3 Å². The second-order valence-electron chi connectivity index (χ2n) is 4.62. The highest BCUT2D eigenvalue weighted by molar-refractivity contribution is 7.13. The summed E-state index contributed by atoms with van der Waals surface area (Å²) in [7, 11) is 0. The second-order valence-corrected chi connectivity index (χ2v) is 5.74. The number of nitrogens with zero attached hydrogens (tertiary/aromatic N) is 1. The molecule has 2 aromatic heterocycles. The van der Waals surface area contributed by atoms with E-state index in [0.717, 1.165) is 16.5 Å². The van der Waals surface area contributed by atoms with Crippen LogP contribution in [0.15, 0.2) is 21.9 Å². The smallest absolute Gasteiger partial charge is 0.196 e. The molecular formula is C13H12ClNO2S. The topological polar surface area (TPSA) is 43.1 Å². The Kier molecular flexibility index (Phi) is 2.99. The molecule has 1 aliphatic carbocycles. The van der Waals surface area contributed by atoms with E-state index in [1.165, 1.54) is 17.8 Å². The SMILES string of the molecule is CC1CC1c1ccc(-c2nc(C(=O)CCl)cs2)o1. The van der Waals surface area contributed by atoms with Gasteiger partial charge < -0.3 is 4.42 Å². The third-order valence-corrected chi connectivity index (χ3v) is 4.32. The minimum Gasteiger partial charge on any atom is -0.458 e. The first-order chi connectivity index (χ1) is 8.69. The van der Waals surface area contributed by atoms with Gasteiger partial charge in [-0.25, -0.2) is 4.98 Å². The van der Waals surface area contributed by atoms with Crippen LogP contribution in [-0.4, -0.2) is 16.6 Å². The first-order valence-corrected chi connectivity index (χ1v) is 7.25. The maximum atomic E-state index is 11.4. The lowest BCUT2D eigenvalue weighted by atomic mass is 10.3. The molecule has 1 aliphatic rings. The Morgan fingerprint density at radius 2 is 2.39 bits per heavy atom. The zero-order chi connectivity index (χ0) is 12.7. The molecule has 2 unspecified atom stereocenters. The third kappa shape index (κ3) is 2.10. The van der Waals surface area contributed by atoms with Crippen molar-refractivity contribution in [2.24, 2.45) is 5.92 Å². The van der Waals surface area contributed by atoms with Crippen molar-refractivity contribution in [3.8, 4) is 10.8 Å². The lowest BCUT2D eigenvalue weighted by Gasteiger charge is -1.92. The van der Waals surface area contributed by atoms with Gasteiger partial charge in [0.05, 0.1) is 5.88 Å². The number of ketones is 1. The first-order valence-electron chi connectivity index (χ1n) is 5.84. The summed E-state index contributed by atoms with van der Waals surface area (Å²) in [5.41, 5.74) is 0.419. The molecule has 18 heavy (non-hydrogen) atoms. The number of Topliss-reactive ketones (excluding diaryl/α,β-unsaturated/α-hetero) is 1. The molecule has 0 amide bonds. The molecule has 2 heterocycles. The molecule has 1 fully saturated rings. The van der Waals surface area contributed by atoms with Crippen LogP contribution in [0, 0.1) is 5.92 Å². The van der Waals surface area contributed by atoms with Crippen LogP contribution in [0.25, 0.3) is 10.8 Å². The molecule has 94 valence electrons. The van der Waals surface area contributed by atoms with Gasteiger partial charge in [0.1, 0.15) is 11.5 Å². The van der Waals surface area contributed by atoms with E-state index in [0.29, 0.717) is 17.5 Å². The van der Waals surface area contributed by atoms with E-state index >= 15 is 0 Å². The maximum absolute atomic E-state index is 11.4. The van der Waals surface area contributed by atoms with Crippen LogP contribution in [0.2, 0.25) is 0 Å². The van der Waals surface area contributed by atoms with Crippen molar-refractivity contribution in [3.63, 3.8) is 0 Å². The number of rotatable bonds is 4. The van der Waals surface area contributed by atoms with Gasteiger partial charge in [0.2, 0.25) is 0 Å². The largest absolute Gasteiger partial charge is 0.458 e. The average molecular weight is 282 g/mol. The minimum atomic E-state index is -0.151. The van der Waals surface area contributed by atoms with Gasteiger partial charge in [0.15, 0.2) is 16.6 Å². The van der Waals surface area contributed by atoms with Crippen molar-refractivity contribution >= 4 is 28.7 Å². The van der Waals surface area contributed by atoms with Crippen molar-refractivity contribution in [1.82, 2.24) is 4.98 Å². The molecule has 2 aromatic rings. The van der Waals surface area contributed by atoms with Gasteiger partial charge in [-0.2, -0.15) is 0 Å². The van der Waals surface area contributed by atoms with E-state index in [1.54, 1.807) is 5.38 Å². The summed E-state index contributed by atoms with van der Waals surface area (Å²) in [6.07, 6.45) is 1.20. The molecule has 0 bridgehead atoms. The van der Waals surface area contributed by atoms with Crippen LogP contribution in [0.5, 0.6) is 0 Å².